The van der Waals surface area contributed by atoms with Crippen LogP contribution in [0.15, 0.2) is 12.1 Å². The Hall–Kier alpha value is -3.85. The minimum atomic E-state index is -1.17. The number of nitrogens with zero attached hydrogens (tertiary/aromatic N) is 5. The van der Waals surface area contributed by atoms with Crippen LogP contribution in [0.25, 0.3) is 0 Å². The van der Waals surface area contributed by atoms with Crippen LogP contribution in [-0.4, -0.2) is 56.7 Å². The van der Waals surface area contributed by atoms with Gasteiger partial charge >= 0.3 is 6.03 Å². The molecule has 0 saturated carbocycles. The number of carbonyl (C=O) groups is 3. The minimum absolute atomic E-state index is 0.00242. The van der Waals surface area contributed by atoms with Crippen molar-refractivity contribution in [3.05, 3.63) is 46.3 Å². The molecule has 0 aliphatic carbocycles. The van der Waals surface area contributed by atoms with Crippen LogP contribution in [0.4, 0.5) is 19.3 Å². The molecule has 34 heavy (non-hydrogen) atoms. The summed E-state index contributed by atoms with van der Waals surface area (Å²) < 4.78 is 29.5. The SMILES string of the molecule is CCC(=O)[C@@H]1Cn2nc3c(c2C(=O)N(C)O1)CN(C(=O)Nc1ccc(F)c(C#N)c1F)[C@H](C)C3. The van der Waals surface area contributed by atoms with Crippen molar-refractivity contribution in [1.82, 2.24) is 19.7 Å². The van der Waals surface area contributed by atoms with Gasteiger partial charge in [-0.1, -0.05) is 6.92 Å². The number of halogens is 2. The second-order valence-corrected chi connectivity index (χ2v) is 8.18. The van der Waals surface area contributed by atoms with Crippen molar-refractivity contribution in [2.24, 2.45) is 0 Å². The van der Waals surface area contributed by atoms with E-state index in [2.05, 4.69) is 10.4 Å². The number of fused-ring (bicyclic) bond motifs is 3. The summed E-state index contributed by atoms with van der Waals surface area (Å²) >= 11 is 0. The zero-order chi connectivity index (χ0) is 24.7. The Morgan fingerprint density at radius 2 is 2.09 bits per heavy atom. The van der Waals surface area contributed by atoms with E-state index in [1.165, 1.54) is 22.7 Å². The molecule has 3 heterocycles. The van der Waals surface area contributed by atoms with Gasteiger partial charge in [-0.25, -0.2) is 18.6 Å². The number of nitrogens with one attached hydrogen (secondary N) is 1. The van der Waals surface area contributed by atoms with Gasteiger partial charge in [0.15, 0.2) is 17.7 Å². The standard InChI is InChI=1S/C22H22F2N6O4/c1-4-17(31)18-10-30-20(21(32)28(3)34-18)13-9-29(11(2)7-16(13)27-30)22(33)26-15-6-5-14(23)12(8-25)19(15)24/h5-6,11,18H,4,7,9-10H2,1-3H3,(H,26,33)/t11-,18+/m1/s1. The van der Waals surface area contributed by atoms with Crippen molar-refractivity contribution < 1.29 is 28.0 Å². The van der Waals surface area contributed by atoms with Gasteiger partial charge in [0.2, 0.25) is 0 Å². The fourth-order valence-corrected chi connectivity index (χ4v) is 4.14. The Kier molecular flexibility index (Phi) is 6.05. The van der Waals surface area contributed by atoms with E-state index in [1.807, 2.05) is 0 Å². The lowest BCUT2D eigenvalue weighted by Crippen LogP contribution is -2.45. The van der Waals surface area contributed by atoms with Gasteiger partial charge in [-0.15, -0.1) is 0 Å². The maximum Gasteiger partial charge on any atom is 0.322 e. The van der Waals surface area contributed by atoms with Crippen LogP contribution in [0.2, 0.25) is 0 Å². The number of hydroxylamine groups is 2. The number of ketones is 1. The predicted octanol–water partition coefficient (Wildman–Crippen LogP) is 2.38. The first kappa shape index (κ1) is 23.3. The summed E-state index contributed by atoms with van der Waals surface area (Å²) in [6.07, 6.45) is -0.307. The van der Waals surface area contributed by atoms with Gasteiger partial charge in [-0.2, -0.15) is 10.4 Å². The summed E-state index contributed by atoms with van der Waals surface area (Å²) in [5.74, 6) is -2.87. The van der Waals surface area contributed by atoms with E-state index in [9.17, 15) is 23.2 Å². The summed E-state index contributed by atoms with van der Waals surface area (Å²) in [7, 11) is 1.41. The summed E-state index contributed by atoms with van der Waals surface area (Å²) in [5, 5.41) is 16.9. The number of hydrogen-bond donors (Lipinski definition) is 1. The van der Waals surface area contributed by atoms with E-state index in [4.69, 9.17) is 10.1 Å². The molecule has 1 aromatic heterocycles. The van der Waals surface area contributed by atoms with E-state index in [0.29, 0.717) is 17.7 Å². The highest BCUT2D eigenvalue weighted by Crippen LogP contribution is 2.30. The van der Waals surface area contributed by atoms with Crippen molar-refractivity contribution in [2.45, 2.75) is 51.9 Å². The first-order chi connectivity index (χ1) is 16.2. The molecule has 0 unspecified atom stereocenters. The van der Waals surface area contributed by atoms with Crippen LogP contribution >= 0.6 is 0 Å². The number of hydrogen-bond acceptors (Lipinski definition) is 6. The Labute approximate surface area is 193 Å². The number of Topliss-reactive ketones (excluding diaryl/α,β-unsaturated/α-hetero) is 1. The summed E-state index contributed by atoms with van der Waals surface area (Å²) in [6.45, 7) is 3.53. The lowest BCUT2D eigenvalue weighted by molar-refractivity contribution is -0.166. The van der Waals surface area contributed by atoms with Crippen molar-refractivity contribution >= 4 is 23.4 Å². The third kappa shape index (κ3) is 3.88. The number of carbonyl (C=O) groups excluding carboxylic acids is 3. The first-order valence-electron chi connectivity index (χ1n) is 10.7. The molecule has 178 valence electrons. The molecule has 0 spiro atoms. The van der Waals surface area contributed by atoms with Crippen molar-refractivity contribution in [2.75, 3.05) is 12.4 Å². The molecule has 0 radical (unpaired) electrons. The van der Waals surface area contributed by atoms with Crippen LogP contribution in [0.1, 0.15) is 47.6 Å². The van der Waals surface area contributed by atoms with Crippen molar-refractivity contribution in [3.8, 4) is 6.07 Å². The quantitative estimate of drug-likeness (QED) is 0.732. The number of rotatable bonds is 3. The van der Waals surface area contributed by atoms with Crippen LogP contribution < -0.4 is 5.32 Å². The number of amides is 3. The molecule has 4 rings (SSSR count). The minimum Gasteiger partial charge on any atom is -0.317 e. The lowest BCUT2D eigenvalue weighted by Gasteiger charge is -2.33. The highest BCUT2D eigenvalue weighted by molar-refractivity contribution is 5.95. The molecule has 2 aromatic rings. The highest BCUT2D eigenvalue weighted by Gasteiger charge is 2.38. The lowest BCUT2D eigenvalue weighted by atomic mass is 9.99. The highest BCUT2D eigenvalue weighted by atomic mass is 19.1. The summed E-state index contributed by atoms with van der Waals surface area (Å²) in [5.41, 5.74) is 0.222. The van der Waals surface area contributed by atoms with E-state index < -0.39 is 35.2 Å². The van der Waals surface area contributed by atoms with Gasteiger partial charge in [0.05, 0.1) is 24.5 Å². The molecule has 12 heteroatoms. The van der Waals surface area contributed by atoms with Gasteiger partial charge < -0.3 is 10.2 Å². The average Bonchev–Trinajstić information content (AvgIpc) is 3.09. The normalized spacial score (nSPS) is 19.7. The smallest absolute Gasteiger partial charge is 0.317 e. The van der Waals surface area contributed by atoms with Crippen LogP contribution in [0, 0.1) is 23.0 Å². The second kappa shape index (κ2) is 8.83. The number of aromatic nitrogens is 2. The molecule has 0 bridgehead atoms. The van der Waals surface area contributed by atoms with E-state index in [-0.39, 0.29) is 42.7 Å². The number of nitriles is 1. The Balaban J connectivity index is 1.64. The maximum absolute atomic E-state index is 14.4. The first-order valence-corrected chi connectivity index (χ1v) is 10.7. The molecule has 10 nitrogen and oxygen atoms in total. The number of anilines is 1. The van der Waals surface area contributed by atoms with Gasteiger partial charge in [-0.3, -0.25) is 19.1 Å². The average molecular weight is 472 g/mol. The summed E-state index contributed by atoms with van der Waals surface area (Å²) in [4.78, 5) is 45.2. The number of urea groups is 1. The third-order valence-electron chi connectivity index (χ3n) is 6.01. The molecule has 2 aliphatic heterocycles. The predicted molar refractivity (Wildman–Crippen MR) is 113 cm³/mol. The summed E-state index contributed by atoms with van der Waals surface area (Å²) in [6, 6.07) is 2.33. The molecule has 2 aliphatic rings. The Morgan fingerprint density at radius 1 is 1.35 bits per heavy atom. The maximum atomic E-state index is 14.4. The molecule has 1 N–H and O–H groups in total. The topological polar surface area (TPSA) is 121 Å². The third-order valence-corrected chi connectivity index (χ3v) is 6.01. The Bertz CT molecular complexity index is 1240. The van der Waals surface area contributed by atoms with Gasteiger partial charge in [-0.05, 0) is 19.1 Å². The molecule has 0 fully saturated rings. The molecule has 2 atom stereocenters. The fraction of sp³-hybridized carbons (Fsp3) is 0.409. The fourth-order valence-electron chi connectivity index (χ4n) is 4.14. The zero-order valence-corrected chi connectivity index (χ0v) is 18.8. The van der Waals surface area contributed by atoms with Crippen LogP contribution in [0.5, 0.6) is 0 Å². The van der Waals surface area contributed by atoms with Gasteiger partial charge in [0.25, 0.3) is 5.91 Å². The largest absolute Gasteiger partial charge is 0.322 e. The molecule has 1 aromatic carbocycles. The van der Waals surface area contributed by atoms with E-state index >= 15 is 0 Å². The Morgan fingerprint density at radius 3 is 2.76 bits per heavy atom. The van der Waals surface area contributed by atoms with E-state index in [0.717, 1.165) is 17.2 Å². The molecule has 0 saturated heterocycles. The van der Waals surface area contributed by atoms with Crippen LogP contribution in [-0.2, 0) is 29.1 Å². The van der Waals surface area contributed by atoms with Crippen LogP contribution in [0.3, 0.4) is 0 Å². The van der Waals surface area contributed by atoms with Gasteiger partial charge in [0.1, 0.15) is 23.1 Å². The van der Waals surface area contributed by atoms with Gasteiger partial charge in [0, 0.05) is 31.5 Å². The van der Waals surface area contributed by atoms with Crippen molar-refractivity contribution in [3.63, 3.8) is 0 Å². The number of benzene rings is 1. The second-order valence-electron chi connectivity index (χ2n) is 8.18. The van der Waals surface area contributed by atoms with E-state index in [1.54, 1.807) is 13.8 Å². The molecular formula is C22H22F2N6O4. The molecule has 3 amide bonds. The zero-order valence-electron chi connectivity index (χ0n) is 18.8. The van der Waals surface area contributed by atoms with Crippen molar-refractivity contribution in [1.29, 1.82) is 5.26 Å². The monoisotopic (exact) mass is 472 g/mol. The molecular weight excluding hydrogens is 450 g/mol.